The van der Waals surface area contributed by atoms with Crippen LogP contribution in [0.15, 0.2) is 10.1 Å². The van der Waals surface area contributed by atoms with Gasteiger partial charge in [-0.15, -0.1) is 0 Å². The van der Waals surface area contributed by atoms with Crippen molar-refractivity contribution in [2.75, 3.05) is 13.2 Å². The number of aliphatic carboxylic acids is 2. The maximum atomic E-state index is 10.0. The SMILES string of the molecule is CCON=C(C#N)C(=O)O.N#CCCN=CC(=O)O. The van der Waals surface area contributed by atoms with Crippen LogP contribution in [0.5, 0.6) is 0 Å². The molecule has 0 aromatic carbocycles. The second kappa shape index (κ2) is 13.1. The number of nitrogens with zero attached hydrogens (tertiary/aromatic N) is 4. The first kappa shape index (κ1) is 18.4. The van der Waals surface area contributed by atoms with Crippen LogP contribution in [0, 0.1) is 22.7 Å². The molecule has 0 heterocycles. The molecule has 0 atom stereocenters. The Bertz CT molecular complexity index is 430. The van der Waals surface area contributed by atoms with Gasteiger partial charge in [0.15, 0.2) is 0 Å². The zero-order valence-corrected chi connectivity index (χ0v) is 10.1. The maximum absolute atomic E-state index is 10.0. The van der Waals surface area contributed by atoms with Crippen LogP contribution in [0.25, 0.3) is 0 Å². The van der Waals surface area contributed by atoms with E-state index in [9.17, 15) is 9.59 Å². The minimum absolute atomic E-state index is 0.248. The van der Waals surface area contributed by atoms with Crippen LogP contribution in [-0.4, -0.2) is 47.2 Å². The molecule has 0 aliphatic heterocycles. The number of nitriles is 2. The fourth-order valence-corrected chi connectivity index (χ4v) is 0.494. The third kappa shape index (κ3) is 15.1. The normalized spacial score (nSPS) is 9.74. The summed E-state index contributed by atoms with van der Waals surface area (Å²) in [5.41, 5.74) is -0.637. The van der Waals surface area contributed by atoms with Gasteiger partial charge in [0.05, 0.1) is 19.0 Å². The van der Waals surface area contributed by atoms with E-state index in [1.165, 1.54) is 6.07 Å². The summed E-state index contributed by atoms with van der Waals surface area (Å²) in [6, 6.07) is 3.20. The molecule has 9 nitrogen and oxygen atoms in total. The van der Waals surface area contributed by atoms with E-state index in [4.69, 9.17) is 20.7 Å². The lowest BCUT2D eigenvalue weighted by atomic mass is 10.4. The predicted molar refractivity (Wildman–Crippen MR) is 63.5 cm³/mol. The van der Waals surface area contributed by atoms with Gasteiger partial charge in [-0.1, -0.05) is 5.16 Å². The van der Waals surface area contributed by atoms with Crippen LogP contribution in [0.4, 0.5) is 0 Å². The van der Waals surface area contributed by atoms with Gasteiger partial charge in [-0.05, 0) is 6.92 Å². The third-order valence-corrected chi connectivity index (χ3v) is 1.15. The Hall–Kier alpha value is -2.94. The minimum atomic E-state index is -1.38. The molecule has 0 radical (unpaired) electrons. The molecule has 2 N–H and O–H groups in total. The Balaban J connectivity index is 0. The van der Waals surface area contributed by atoms with Crippen molar-refractivity contribution >= 4 is 23.9 Å². The molecule has 0 unspecified atom stereocenters. The van der Waals surface area contributed by atoms with E-state index >= 15 is 0 Å². The topological polar surface area (TPSA) is 156 Å². The molecule has 0 spiro atoms. The maximum Gasteiger partial charge on any atom is 0.369 e. The minimum Gasteiger partial charge on any atom is -0.477 e. The Labute approximate surface area is 109 Å². The number of hydrogen-bond donors (Lipinski definition) is 2. The standard InChI is InChI=1S/C5H6N2O3.C5H6N2O2/c1-2-10-7-4(3-6)5(8)9;6-2-1-3-7-4-5(8)9/h2H2,1H3,(H,8,9);4H,1,3H2,(H,8,9). The van der Waals surface area contributed by atoms with Gasteiger partial charge in [-0.25, -0.2) is 9.59 Å². The molecule has 0 saturated heterocycles. The van der Waals surface area contributed by atoms with Crippen molar-refractivity contribution in [3.63, 3.8) is 0 Å². The number of aliphatic imine (C=N–C) groups is 1. The van der Waals surface area contributed by atoms with Gasteiger partial charge >= 0.3 is 11.9 Å². The van der Waals surface area contributed by atoms with Crippen LogP contribution in [0.2, 0.25) is 0 Å². The smallest absolute Gasteiger partial charge is 0.369 e. The highest BCUT2D eigenvalue weighted by Crippen LogP contribution is 1.80. The summed E-state index contributed by atoms with van der Waals surface area (Å²) in [6.45, 7) is 2.15. The average molecular weight is 268 g/mol. The van der Waals surface area contributed by atoms with E-state index in [0.717, 1.165) is 6.21 Å². The van der Waals surface area contributed by atoms with Crippen molar-refractivity contribution in [1.29, 1.82) is 10.5 Å². The first-order valence-electron chi connectivity index (χ1n) is 4.92. The van der Waals surface area contributed by atoms with Crippen LogP contribution >= 0.6 is 0 Å². The van der Waals surface area contributed by atoms with Crippen molar-refractivity contribution < 1.29 is 24.6 Å². The molecular weight excluding hydrogens is 256 g/mol. The highest BCUT2D eigenvalue weighted by molar-refractivity contribution is 6.42. The molecule has 0 aliphatic carbocycles. The second-order valence-electron chi connectivity index (χ2n) is 2.56. The van der Waals surface area contributed by atoms with Crippen LogP contribution in [0.1, 0.15) is 13.3 Å². The Kier molecular flexibility index (Phi) is 12.7. The van der Waals surface area contributed by atoms with Gasteiger partial charge in [-0.3, -0.25) is 4.99 Å². The van der Waals surface area contributed by atoms with Crippen LogP contribution in [0.3, 0.4) is 0 Å². The lowest BCUT2D eigenvalue weighted by molar-refractivity contribution is -0.130. The Morgan fingerprint density at radius 2 is 2.00 bits per heavy atom. The fraction of sp³-hybridized carbons (Fsp3) is 0.400. The van der Waals surface area contributed by atoms with Gasteiger partial charge in [0.2, 0.25) is 0 Å². The zero-order valence-electron chi connectivity index (χ0n) is 10.1. The summed E-state index contributed by atoms with van der Waals surface area (Å²) in [6.07, 6.45) is 1.06. The largest absolute Gasteiger partial charge is 0.477 e. The van der Waals surface area contributed by atoms with Gasteiger partial charge in [0.25, 0.3) is 5.71 Å². The summed E-state index contributed by atoms with van der Waals surface area (Å²) in [7, 11) is 0. The number of carboxylic acid groups (broad SMARTS) is 2. The first-order valence-corrected chi connectivity index (χ1v) is 4.92. The van der Waals surface area contributed by atoms with E-state index in [1.54, 1.807) is 6.92 Å². The number of rotatable bonds is 6. The van der Waals surface area contributed by atoms with Crippen molar-refractivity contribution in [3.8, 4) is 12.1 Å². The molecule has 0 fully saturated rings. The first-order chi connectivity index (χ1) is 8.99. The fourth-order valence-electron chi connectivity index (χ4n) is 0.494. The monoisotopic (exact) mass is 268 g/mol. The second-order valence-corrected chi connectivity index (χ2v) is 2.56. The molecule has 0 rings (SSSR count). The van der Waals surface area contributed by atoms with E-state index in [0.29, 0.717) is 0 Å². The number of carbonyl (C=O) groups is 2. The summed E-state index contributed by atoms with van der Waals surface area (Å²) in [5, 5.41) is 35.2. The van der Waals surface area contributed by atoms with Gasteiger partial charge in [0.1, 0.15) is 18.9 Å². The van der Waals surface area contributed by atoms with Crippen molar-refractivity contribution in [1.82, 2.24) is 0 Å². The molecule has 19 heavy (non-hydrogen) atoms. The van der Waals surface area contributed by atoms with Crippen molar-refractivity contribution in [3.05, 3.63) is 0 Å². The highest BCUT2D eigenvalue weighted by Gasteiger charge is 2.07. The molecule has 102 valence electrons. The lowest BCUT2D eigenvalue weighted by Gasteiger charge is -1.89. The summed E-state index contributed by atoms with van der Waals surface area (Å²) in [4.78, 5) is 27.5. The van der Waals surface area contributed by atoms with E-state index < -0.39 is 17.7 Å². The summed E-state index contributed by atoms with van der Waals surface area (Å²) >= 11 is 0. The molecule has 0 aromatic heterocycles. The van der Waals surface area contributed by atoms with Gasteiger partial charge in [-0.2, -0.15) is 10.5 Å². The van der Waals surface area contributed by atoms with E-state index in [1.807, 2.05) is 6.07 Å². The predicted octanol–water partition coefficient (Wildman–Crippen LogP) is 0.0426. The zero-order chi connectivity index (χ0) is 15.1. The highest BCUT2D eigenvalue weighted by atomic mass is 16.6. The number of oxime groups is 1. The summed E-state index contributed by atoms with van der Waals surface area (Å²) < 4.78 is 0. The summed E-state index contributed by atoms with van der Waals surface area (Å²) in [5.74, 6) is -2.45. The molecule has 0 aliphatic rings. The van der Waals surface area contributed by atoms with E-state index in [2.05, 4.69) is 15.0 Å². The van der Waals surface area contributed by atoms with Crippen molar-refractivity contribution in [2.45, 2.75) is 13.3 Å². The van der Waals surface area contributed by atoms with E-state index in [-0.39, 0.29) is 19.6 Å². The molecule has 9 heteroatoms. The molecule has 0 amide bonds. The van der Waals surface area contributed by atoms with Gasteiger partial charge in [0, 0.05) is 0 Å². The average Bonchev–Trinajstić information content (AvgIpc) is 2.36. The molecule has 0 saturated carbocycles. The molecule has 0 bridgehead atoms. The Morgan fingerprint density at radius 3 is 2.37 bits per heavy atom. The third-order valence-electron chi connectivity index (χ3n) is 1.15. The molecule has 0 aromatic rings. The number of carboxylic acids is 2. The number of hydrogen-bond acceptors (Lipinski definition) is 7. The van der Waals surface area contributed by atoms with Crippen LogP contribution in [-0.2, 0) is 14.4 Å². The molecular formula is C10H12N4O5. The lowest BCUT2D eigenvalue weighted by Crippen LogP contribution is -2.10. The quantitative estimate of drug-likeness (QED) is 0.391. The van der Waals surface area contributed by atoms with Gasteiger partial charge < -0.3 is 15.1 Å². The van der Waals surface area contributed by atoms with Crippen molar-refractivity contribution in [2.24, 2.45) is 10.1 Å². The van der Waals surface area contributed by atoms with Crippen LogP contribution < -0.4 is 0 Å². The Morgan fingerprint density at radius 1 is 1.37 bits per heavy atom.